The Labute approximate surface area is 158 Å². The topological polar surface area (TPSA) is 51.5 Å². The third kappa shape index (κ3) is 3.47. The third-order valence-corrected chi connectivity index (χ3v) is 4.62. The maximum Gasteiger partial charge on any atom is 0.417 e. The second-order valence-corrected chi connectivity index (χ2v) is 6.50. The van der Waals surface area contributed by atoms with Crippen LogP contribution in [-0.4, -0.2) is 18.6 Å². The summed E-state index contributed by atoms with van der Waals surface area (Å²) in [4.78, 5) is 12.0. The molecule has 1 aliphatic heterocycles. The van der Waals surface area contributed by atoms with Crippen molar-refractivity contribution in [3.8, 4) is 16.9 Å². The standard InChI is InChI=1S/C21H16F3NO3/c22-21(23,24)18-7-2-1-5-16(18)17-6-3-4-13-10-15(28-19(13)17)11-25-20(26)14-8-9-27-12-14/h1-9,12,15H,10-11H2,(H,25,26). The molecular weight excluding hydrogens is 371 g/mol. The molecule has 2 heterocycles. The minimum atomic E-state index is -4.46. The highest BCUT2D eigenvalue weighted by Crippen LogP contribution is 2.43. The van der Waals surface area contributed by atoms with Gasteiger partial charge in [0.05, 0.1) is 23.9 Å². The van der Waals surface area contributed by atoms with Crippen molar-refractivity contribution in [1.82, 2.24) is 5.32 Å². The number of furan rings is 1. The van der Waals surface area contributed by atoms with Crippen molar-refractivity contribution in [2.75, 3.05) is 6.54 Å². The first-order valence-corrected chi connectivity index (χ1v) is 8.69. The molecule has 1 unspecified atom stereocenters. The lowest BCUT2D eigenvalue weighted by molar-refractivity contribution is -0.137. The van der Waals surface area contributed by atoms with E-state index in [2.05, 4.69) is 5.32 Å². The zero-order valence-corrected chi connectivity index (χ0v) is 14.6. The summed E-state index contributed by atoms with van der Waals surface area (Å²) in [6, 6.07) is 12.2. The molecule has 0 aliphatic carbocycles. The third-order valence-electron chi connectivity index (χ3n) is 4.62. The number of benzene rings is 2. The zero-order valence-electron chi connectivity index (χ0n) is 14.6. The number of nitrogens with one attached hydrogen (secondary N) is 1. The van der Waals surface area contributed by atoms with Crippen molar-refractivity contribution >= 4 is 5.91 Å². The van der Waals surface area contributed by atoms with E-state index < -0.39 is 11.7 Å². The van der Waals surface area contributed by atoms with E-state index in [1.807, 2.05) is 6.07 Å². The van der Waals surface area contributed by atoms with Gasteiger partial charge in [-0.1, -0.05) is 36.4 Å². The highest BCUT2D eigenvalue weighted by molar-refractivity contribution is 5.93. The summed E-state index contributed by atoms with van der Waals surface area (Å²) in [5, 5.41) is 2.75. The summed E-state index contributed by atoms with van der Waals surface area (Å²) in [7, 11) is 0. The van der Waals surface area contributed by atoms with Crippen molar-refractivity contribution in [3.63, 3.8) is 0 Å². The molecule has 4 nitrogen and oxygen atoms in total. The van der Waals surface area contributed by atoms with E-state index in [0.717, 1.165) is 11.6 Å². The molecule has 0 spiro atoms. The summed E-state index contributed by atoms with van der Waals surface area (Å²) < 4.78 is 51.0. The number of amides is 1. The van der Waals surface area contributed by atoms with Crippen LogP contribution in [0.4, 0.5) is 13.2 Å². The Morgan fingerprint density at radius 2 is 1.86 bits per heavy atom. The molecule has 4 rings (SSSR count). The van der Waals surface area contributed by atoms with Crippen LogP contribution in [0, 0.1) is 0 Å². The van der Waals surface area contributed by atoms with Gasteiger partial charge in [0.1, 0.15) is 18.1 Å². The highest BCUT2D eigenvalue weighted by Gasteiger charge is 2.35. The zero-order chi connectivity index (χ0) is 19.7. The first-order chi connectivity index (χ1) is 13.4. The van der Waals surface area contributed by atoms with Crippen molar-refractivity contribution in [1.29, 1.82) is 0 Å². The second-order valence-electron chi connectivity index (χ2n) is 6.50. The van der Waals surface area contributed by atoms with Crippen LogP contribution >= 0.6 is 0 Å². The fourth-order valence-corrected chi connectivity index (χ4v) is 3.33. The summed E-state index contributed by atoms with van der Waals surface area (Å²) >= 11 is 0. The molecule has 0 saturated heterocycles. The normalized spacial score (nSPS) is 15.8. The van der Waals surface area contributed by atoms with Gasteiger partial charge in [0, 0.05) is 12.0 Å². The SMILES string of the molecule is O=C(NCC1Cc2cccc(-c3ccccc3C(F)(F)F)c2O1)c1ccoc1. The van der Waals surface area contributed by atoms with Gasteiger partial charge in [-0.15, -0.1) is 0 Å². The number of hydrogen-bond donors (Lipinski definition) is 1. The lowest BCUT2D eigenvalue weighted by Gasteiger charge is -2.16. The van der Waals surface area contributed by atoms with Crippen molar-refractivity contribution < 1.29 is 27.1 Å². The number of hydrogen-bond acceptors (Lipinski definition) is 3. The fraction of sp³-hybridized carbons (Fsp3) is 0.190. The molecule has 28 heavy (non-hydrogen) atoms. The van der Waals surface area contributed by atoms with Gasteiger partial charge in [0.2, 0.25) is 0 Å². The number of carbonyl (C=O) groups is 1. The number of alkyl halides is 3. The van der Waals surface area contributed by atoms with E-state index in [1.165, 1.54) is 24.7 Å². The molecule has 1 aromatic heterocycles. The van der Waals surface area contributed by atoms with Crippen molar-refractivity contribution in [2.45, 2.75) is 18.7 Å². The molecule has 3 aromatic rings. The van der Waals surface area contributed by atoms with Gasteiger partial charge in [0.25, 0.3) is 5.91 Å². The van der Waals surface area contributed by atoms with Crippen LogP contribution in [0.5, 0.6) is 5.75 Å². The van der Waals surface area contributed by atoms with Crippen LogP contribution in [0.2, 0.25) is 0 Å². The summed E-state index contributed by atoms with van der Waals surface area (Å²) in [5.41, 5.74) is 0.986. The first kappa shape index (κ1) is 18.2. The molecule has 2 aromatic carbocycles. The van der Waals surface area contributed by atoms with Gasteiger partial charge in [0.15, 0.2) is 0 Å². The molecule has 7 heteroatoms. The van der Waals surface area contributed by atoms with Crippen LogP contribution in [0.3, 0.4) is 0 Å². The lowest BCUT2D eigenvalue weighted by Crippen LogP contribution is -2.34. The average Bonchev–Trinajstić information content (AvgIpc) is 3.34. The molecule has 144 valence electrons. The Bertz CT molecular complexity index is 996. The molecule has 0 radical (unpaired) electrons. The van der Waals surface area contributed by atoms with Crippen LogP contribution in [0.25, 0.3) is 11.1 Å². The Kier molecular flexibility index (Phi) is 4.58. The van der Waals surface area contributed by atoms with E-state index in [1.54, 1.807) is 24.3 Å². The van der Waals surface area contributed by atoms with Gasteiger partial charge in [-0.05, 0) is 23.3 Å². The second kappa shape index (κ2) is 7.07. The largest absolute Gasteiger partial charge is 0.487 e. The first-order valence-electron chi connectivity index (χ1n) is 8.69. The fourth-order valence-electron chi connectivity index (χ4n) is 3.33. The monoisotopic (exact) mass is 387 g/mol. The molecule has 1 atom stereocenters. The predicted molar refractivity (Wildman–Crippen MR) is 96.0 cm³/mol. The Balaban J connectivity index is 1.56. The van der Waals surface area contributed by atoms with E-state index in [9.17, 15) is 18.0 Å². The smallest absolute Gasteiger partial charge is 0.417 e. The maximum atomic E-state index is 13.4. The van der Waals surface area contributed by atoms with E-state index in [4.69, 9.17) is 9.15 Å². The average molecular weight is 387 g/mol. The molecule has 0 bridgehead atoms. The Morgan fingerprint density at radius 1 is 1.07 bits per heavy atom. The molecule has 1 amide bonds. The number of halogens is 3. The molecular formula is C21H16F3NO3. The van der Waals surface area contributed by atoms with Crippen LogP contribution in [-0.2, 0) is 12.6 Å². The van der Waals surface area contributed by atoms with Crippen molar-refractivity contribution in [3.05, 3.63) is 77.7 Å². The van der Waals surface area contributed by atoms with Crippen LogP contribution < -0.4 is 10.1 Å². The quantitative estimate of drug-likeness (QED) is 0.706. The number of fused-ring (bicyclic) bond motifs is 1. The van der Waals surface area contributed by atoms with E-state index in [-0.39, 0.29) is 24.1 Å². The number of para-hydroxylation sites is 1. The molecule has 0 saturated carbocycles. The number of rotatable bonds is 4. The molecule has 0 fully saturated rings. The molecule has 1 aliphatic rings. The van der Waals surface area contributed by atoms with Gasteiger partial charge < -0.3 is 14.5 Å². The minimum Gasteiger partial charge on any atom is -0.487 e. The lowest BCUT2D eigenvalue weighted by atomic mass is 9.96. The summed E-state index contributed by atoms with van der Waals surface area (Å²) in [6.07, 6.45) is -1.57. The Hall–Kier alpha value is -3.22. The predicted octanol–water partition coefficient (Wildman–Crippen LogP) is 4.70. The maximum absolute atomic E-state index is 13.4. The number of ether oxygens (including phenoxy) is 1. The van der Waals surface area contributed by atoms with Gasteiger partial charge >= 0.3 is 6.18 Å². The van der Waals surface area contributed by atoms with Gasteiger partial charge in [-0.3, -0.25) is 4.79 Å². The summed E-state index contributed by atoms with van der Waals surface area (Å²) in [6.45, 7) is 0.235. The molecule has 1 N–H and O–H groups in total. The van der Waals surface area contributed by atoms with Crippen LogP contribution in [0.15, 0.2) is 65.5 Å². The van der Waals surface area contributed by atoms with Crippen molar-refractivity contribution in [2.24, 2.45) is 0 Å². The van der Waals surface area contributed by atoms with Gasteiger partial charge in [-0.2, -0.15) is 13.2 Å². The van der Waals surface area contributed by atoms with E-state index in [0.29, 0.717) is 23.3 Å². The highest BCUT2D eigenvalue weighted by atomic mass is 19.4. The van der Waals surface area contributed by atoms with Gasteiger partial charge in [-0.25, -0.2) is 0 Å². The Morgan fingerprint density at radius 3 is 2.61 bits per heavy atom. The minimum absolute atomic E-state index is 0.0786. The van der Waals surface area contributed by atoms with Crippen LogP contribution in [0.1, 0.15) is 21.5 Å². The number of carbonyl (C=O) groups excluding carboxylic acids is 1. The summed E-state index contributed by atoms with van der Waals surface area (Å²) in [5.74, 6) is 0.137. The van der Waals surface area contributed by atoms with E-state index >= 15 is 0 Å².